The number of nitrogens with one attached hydrogen (secondary N) is 3. The first-order chi connectivity index (χ1) is 29.7. The predicted octanol–water partition coefficient (Wildman–Crippen LogP) is 2.60. The second kappa shape index (κ2) is 17.0. The first kappa shape index (κ1) is 41.5. The zero-order valence-corrected chi connectivity index (χ0v) is 33.3. The number of amides is 4. The lowest BCUT2D eigenvalue weighted by Crippen LogP contribution is -2.52. The van der Waals surface area contributed by atoms with Crippen LogP contribution in [0.5, 0.6) is 0 Å². The summed E-state index contributed by atoms with van der Waals surface area (Å²) in [5.74, 6) is -6.07. The third kappa shape index (κ3) is 8.54. The molecule has 3 aromatic carbocycles. The van der Waals surface area contributed by atoms with Gasteiger partial charge in [-0.3, -0.25) is 38.4 Å². The normalized spacial score (nSPS) is 15.0. The second-order valence-corrected chi connectivity index (χ2v) is 14.9. The predicted molar refractivity (Wildman–Crippen MR) is 213 cm³/mol. The van der Waals surface area contributed by atoms with Crippen molar-refractivity contribution in [2.45, 2.75) is 51.5 Å². The third-order valence-corrected chi connectivity index (χ3v) is 10.5. The molecule has 3 N–H and O–H groups in total. The minimum atomic E-state index is -1.43. The monoisotopic (exact) mass is 874 g/mol. The van der Waals surface area contributed by atoms with Gasteiger partial charge >= 0.3 is 11.4 Å². The van der Waals surface area contributed by atoms with Crippen molar-refractivity contribution in [2.75, 3.05) is 23.8 Å². The number of halogens is 4. The fourth-order valence-electron chi connectivity index (χ4n) is 7.21. The first-order valence-corrected chi connectivity index (χ1v) is 19.4. The maximum atomic E-state index is 14.9. The molecule has 23 heteroatoms. The lowest BCUT2D eigenvalue weighted by molar-refractivity contribution is -0.137. The maximum Gasteiger partial charge on any atom is 0.355 e. The van der Waals surface area contributed by atoms with Gasteiger partial charge in [0.05, 0.1) is 35.5 Å². The number of ether oxygens (including phenoxy) is 1. The van der Waals surface area contributed by atoms with Crippen LogP contribution in [0.15, 0.2) is 64.4 Å². The van der Waals surface area contributed by atoms with Crippen molar-refractivity contribution in [3.8, 4) is 0 Å². The molecule has 2 aliphatic rings. The Morgan fingerprint density at radius 1 is 0.984 bits per heavy atom. The molecule has 19 nitrogen and oxygen atoms in total. The minimum absolute atomic E-state index is 0.0816. The quantitative estimate of drug-likeness (QED) is 0.0817. The summed E-state index contributed by atoms with van der Waals surface area (Å²) in [5, 5.41) is 21.0. The van der Waals surface area contributed by atoms with E-state index < -0.39 is 71.2 Å². The average molecular weight is 875 g/mol. The highest BCUT2D eigenvalue weighted by atomic mass is 35.5. The van der Waals surface area contributed by atoms with Crippen LogP contribution in [0.4, 0.5) is 30.5 Å². The molecule has 1 fully saturated rings. The molecular formula is C39H34ClF3N12O7. The Morgan fingerprint density at radius 2 is 1.79 bits per heavy atom. The van der Waals surface area contributed by atoms with Crippen LogP contribution >= 0.6 is 11.6 Å². The molecule has 0 saturated carbocycles. The molecule has 1 saturated heterocycles. The Hall–Kier alpha value is -7.20. The average Bonchev–Trinajstić information content (AvgIpc) is 3.93. The highest BCUT2D eigenvalue weighted by Crippen LogP contribution is 2.33. The molecule has 0 bridgehead atoms. The van der Waals surface area contributed by atoms with E-state index in [4.69, 9.17) is 16.3 Å². The van der Waals surface area contributed by atoms with Gasteiger partial charge in [-0.2, -0.15) is 10.1 Å². The second-order valence-electron chi connectivity index (χ2n) is 14.5. The van der Waals surface area contributed by atoms with Crippen LogP contribution < -0.4 is 27.3 Å². The van der Waals surface area contributed by atoms with Gasteiger partial charge in [0.2, 0.25) is 23.7 Å². The Kier molecular flexibility index (Phi) is 11.4. The van der Waals surface area contributed by atoms with Gasteiger partial charge in [-0.15, -0.1) is 5.10 Å². The molecule has 5 heterocycles. The van der Waals surface area contributed by atoms with Crippen LogP contribution in [0.25, 0.3) is 10.9 Å². The topological polar surface area (TPSA) is 222 Å². The van der Waals surface area contributed by atoms with Gasteiger partial charge in [-0.25, -0.2) is 27.3 Å². The summed E-state index contributed by atoms with van der Waals surface area (Å²) >= 11 is 6.48. The van der Waals surface area contributed by atoms with E-state index in [2.05, 4.69) is 36.3 Å². The van der Waals surface area contributed by atoms with Crippen molar-refractivity contribution >= 4 is 63.5 Å². The zero-order valence-electron chi connectivity index (χ0n) is 32.5. The lowest BCUT2D eigenvalue weighted by atomic mass is 10.0. The van der Waals surface area contributed by atoms with Crippen LogP contribution in [-0.2, 0) is 52.3 Å². The van der Waals surface area contributed by atoms with Gasteiger partial charge in [0.25, 0.3) is 5.91 Å². The number of imide groups is 1. The van der Waals surface area contributed by atoms with Crippen molar-refractivity contribution in [3.05, 3.63) is 121 Å². The zero-order chi connectivity index (χ0) is 43.8. The number of rotatable bonds is 14. The largest absolute Gasteiger partial charge is 0.372 e. The summed E-state index contributed by atoms with van der Waals surface area (Å²) in [4.78, 5) is 82.6. The van der Waals surface area contributed by atoms with Crippen LogP contribution in [0.2, 0.25) is 5.02 Å². The number of aryl methyl sites for hydroxylation is 2. The summed E-state index contributed by atoms with van der Waals surface area (Å²) in [6, 6.07) is 8.15. The number of hydrogen-bond donors (Lipinski definition) is 3. The smallest absolute Gasteiger partial charge is 0.355 e. The van der Waals surface area contributed by atoms with E-state index >= 15 is 0 Å². The number of benzene rings is 3. The molecule has 1 atom stereocenters. The van der Waals surface area contributed by atoms with E-state index in [1.165, 1.54) is 15.8 Å². The fraction of sp³-hybridized carbons (Fsp3) is 0.282. The molecule has 320 valence electrons. The Morgan fingerprint density at radius 3 is 2.60 bits per heavy atom. The summed E-state index contributed by atoms with van der Waals surface area (Å²) in [5.41, 5.74) is -0.168. The van der Waals surface area contributed by atoms with Gasteiger partial charge in [0.15, 0.2) is 11.6 Å². The highest BCUT2D eigenvalue weighted by molar-refractivity contribution is 6.34. The van der Waals surface area contributed by atoms with Gasteiger partial charge in [-0.05, 0) is 43.2 Å². The molecule has 0 radical (unpaired) electrons. The van der Waals surface area contributed by atoms with E-state index in [0.717, 1.165) is 9.13 Å². The fourth-order valence-corrected chi connectivity index (χ4v) is 7.41. The van der Waals surface area contributed by atoms with Crippen molar-refractivity contribution in [1.29, 1.82) is 0 Å². The van der Waals surface area contributed by atoms with Crippen molar-refractivity contribution in [3.63, 3.8) is 0 Å². The maximum absolute atomic E-state index is 14.9. The summed E-state index contributed by atoms with van der Waals surface area (Å²) in [7, 11) is 1.71. The number of fused-ring (bicyclic) bond motifs is 2. The highest BCUT2D eigenvalue weighted by Gasteiger charge is 2.40. The first-order valence-electron chi connectivity index (χ1n) is 19.0. The number of carbonyl (C=O) groups is 4. The van der Waals surface area contributed by atoms with Crippen LogP contribution in [0.3, 0.4) is 0 Å². The lowest BCUT2D eigenvalue weighted by Gasteiger charge is -2.29. The molecule has 62 heavy (non-hydrogen) atoms. The van der Waals surface area contributed by atoms with Gasteiger partial charge < -0.3 is 20.3 Å². The van der Waals surface area contributed by atoms with Crippen molar-refractivity contribution < 1.29 is 37.1 Å². The van der Waals surface area contributed by atoms with E-state index in [9.17, 15) is 41.9 Å². The molecule has 4 amide bonds. The molecule has 0 spiro atoms. The van der Waals surface area contributed by atoms with E-state index in [-0.39, 0.29) is 67.4 Å². The van der Waals surface area contributed by atoms with Gasteiger partial charge in [0, 0.05) is 73.2 Å². The van der Waals surface area contributed by atoms with Crippen molar-refractivity contribution in [2.24, 2.45) is 7.05 Å². The van der Waals surface area contributed by atoms with Crippen LogP contribution in [0, 0.1) is 17.5 Å². The summed E-state index contributed by atoms with van der Waals surface area (Å²) in [6.07, 6.45) is 3.87. The Balaban J connectivity index is 0.898. The Bertz CT molecular complexity index is 2930. The molecule has 3 aromatic heterocycles. The van der Waals surface area contributed by atoms with E-state index in [0.29, 0.717) is 46.3 Å². The summed E-state index contributed by atoms with van der Waals surface area (Å²) < 4.78 is 53.0. The molecular weight excluding hydrogens is 841 g/mol. The van der Waals surface area contributed by atoms with Crippen LogP contribution in [-0.4, -0.2) is 86.7 Å². The van der Waals surface area contributed by atoms with Crippen LogP contribution in [0.1, 0.15) is 46.4 Å². The Labute approximate surface area is 352 Å². The molecule has 1 unspecified atom stereocenters. The number of hydrogen-bond acceptors (Lipinski definition) is 12. The van der Waals surface area contributed by atoms with E-state index in [1.807, 2.05) is 0 Å². The SMILES string of the molecule is Cn1cc2cc(Nc3nc(=O)n(Cc4cn(CCCOCC(=O)Nc5cccc6c5CN(C5CCC(=O)NC5=O)C6=O)nn4)c(=O)n3Cc3cc(F)c(F)cc3F)c(Cl)cc2n1. The van der Waals surface area contributed by atoms with Gasteiger partial charge in [-0.1, -0.05) is 22.9 Å². The molecule has 6 aromatic rings. The molecule has 2 aliphatic heterocycles. The summed E-state index contributed by atoms with van der Waals surface area (Å²) in [6.45, 7) is -0.925. The number of nitrogens with zero attached hydrogens (tertiary/aromatic N) is 9. The molecule has 0 aliphatic carbocycles. The number of carbonyl (C=O) groups excluding carboxylic acids is 4. The number of aromatic nitrogens is 8. The third-order valence-electron chi connectivity index (χ3n) is 10.2. The number of piperidine rings is 1. The molecule has 8 rings (SSSR count). The van der Waals surface area contributed by atoms with Crippen molar-refractivity contribution in [1.82, 2.24) is 49.1 Å². The number of anilines is 3. The van der Waals surface area contributed by atoms with E-state index in [1.54, 1.807) is 48.3 Å². The minimum Gasteiger partial charge on any atom is -0.372 e. The standard InChI is InChI=1S/C39H34ClF3N12O7/c1-51-14-21-11-31(25(40)12-30(21)49-51)45-37-47-38(60)55(39(61)54(37)15-20-10-27(42)28(43)13-26(20)41)17-22-16-52(50-48-22)8-3-9-62-19-34(57)44-29-5-2-4-23-24(29)18-53(36(23)59)32-6-7-33(56)46-35(32)58/h2,4-5,10-14,16,32H,3,6-9,15,17-19H2,1H3,(H,44,57)(H,45,47,60)(H,46,56,58). The van der Waals surface area contributed by atoms with Gasteiger partial charge in [0.1, 0.15) is 24.2 Å².